The van der Waals surface area contributed by atoms with Crippen LogP contribution >= 0.6 is 0 Å². The Morgan fingerprint density at radius 2 is 1.19 bits per heavy atom. The van der Waals surface area contributed by atoms with E-state index in [2.05, 4.69) is 62.4 Å². The largest absolute Gasteiger partial charge is 0.494 e. The van der Waals surface area contributed by atoms with Gasteiger partial charge < -0.3 is 9.47 Å². The van der Waals surface area contributed by atoms with Crippen LogP contribution in [0.1, 0.15) is 102 Å². The third kappa shape index (κ3) is 11.4. The Balaban J connectivity index is 1.89. The van der Waals surface area contributed by atoms with Gasteiger partial charge in [0, 0.05) is 5.56 Å². The number of hydrogen-bond acceptors (Lipinski definition) is 2. The van der Waals surface area contributed by atoms with Crippen molar-refractivity contribution in [3.8, 4) is 11.5 Å². The van der Waals surface area contributed by atoms with Crippen molar-refractivity contribution in [2.45, 2.75) is 90.9 Å². The van der Waals surface area contributed by atoms with Gasteiger partial charge in [-0.05, 0) is 36.6 Å². The molecule has 0 amide bonds. The van der Waals surface area contributed by atoms with Crippen molar-refractivity contribution < 1.29 is 9.47 Å². The van der Waals surface area contributed by atoms with E-state index < -0.39 is 0 Å². The molecule has 0 N–H and O–H groups in total. The van der Waals surface area contributed by atoms with Gasteiger partial charge in [0.25, 0.3) is 0 Å². The van der Waals surface area contributed by atoms with Gasteiger partial charge in [0.2, 0.25) is 0 Å². The summed E-state index contributed by atoms with van der Waals surface area (Å²) in [5.41, 5.74) is 2.27. The normalized spacial score (nSPS) is 11.2. The first-order chi connectivity index (χ1) is 15.8. The Morgan fingerprint density at radius 1 is 0.594 bits per heavy atom. The van der Waals surface area contributed by atoms with E-state index in [4.69, 9.17) is 9.47 Å². The maximum Gasteiger partial charge on any atom is 0.126 e. The molecule has 2 nitrogen and oxygen atoms in total. The molecule has 176 valence electrons. The van der Waals surface area contributed by atoms with E-state index in [9.17, 15) is 0 Å². The predicted molar refractivity (Wildman–Crippen MR) is 140 cm³/mol. The smallest absolute Gasteiger partial charge is 0.126 e. The molecule has 0 saturated heterocycles. The molecule has 2 rings (SSSR count). The zero-order valence-electron chi connectivity index (χ0n) is 20.5. The Hall–Kier alpha value is -2.22. The summed E-state index contributed by atoms with van der Waals surface area (Å²) in [6, 6.07) is 16.6. The topological polar surface area (TPSA) is 18.5 Å². The molecular weight excluding hydrogens is 392 g/mol. The fourth-order valence-electron chi connectivity index (χ4n) is 3.77. The molecular formula is C30H44O2. The first-order valence-corrected chi connectivity index (χ1v) is 13.0. The SMILES string of the molecule is CCCCCCCCOc1ccc(OCCCCCCCC)c(/C=C/c2ccccc2)c1. The van der Waals surface area contributed by atoms with Crippen LogP contribution in [0.5, 0.6) is 11.5 Å². The summed E-state index contributed by atoms with van der Waals surface area (Å²) >= 11 is 0. The first-order valence-electron chi connectivity index (χ1n) is 13.0. The van der Waals surface area contributed by atoms with E-state index >= 15 is 0 Å². The molecule has 0 aliphatic heterocycles. The fourth-order valence-corrected chi connectivity index (χ4v) is 3.77. The summed E-state index contributed by atoms with van der Waals surface area (Å²) in [5, 5.41) is 0. The van der Waals surface area contributed by atoms with Crippen LogP contribution in [0, 0.1) is 0 Å². The quantitative estimate of drug-likeness (QED) is 0.171. The predicted octanol–water partition coefficient (Wildman–Crippen LogP) is 9.34. The van der Waals surface area contributed by atoms with Crippen molar-refractivity contribution in [2.24, 2.45) is 0 Å². The van der Waals surface area contributed by atoms with Crippen molar-refractivity contribution in [2.75, 3.05) is 13.2 Å². The van der Waals surface area contributed by atoms with Gasteiger partial charge in [-0.25, -0.2) is 0 Å². The van der Waals surface area contributed by atoms with Crippen LogP contribution in [0.25, 0.3) is 12.2 Å². The van der Waals surface area contributed by atoms with Gasteiger partial charge in [-0.2, -0.15) is 0 Å². The maximum absolute atomic E-state index is 6.16. The maximum atomic E-state index is 6.16. The van der Waals surface area contributed by atoms with Crippen LogP contribution in [-0.2, 0) is 0 Å². The average molecular weight is 437 g/mol. The lowest BCUT2D eigenvalue weighted by Gasteiger charge is -2.12. The summed E-state index contributed by atoms with van der Waals surface area (Å²) in [6.45, 7) is 6.07. The second-order valence-corrected chi connectivity index (χ2v) is 8.68. The van der Waals surface area contributed by atoms with Crippen LogP contribution in [0.2, 0.25) is 0 Å². The zero-order valence-corrected chi connectivity index (χ0v) is 20.5. The van der Waals surface area contributed by atoms with E-state index in [1.807, 2.05) is 12.1 Å². The van der Waals surface area contributed by atoms with Crippen molar-refractivity contribution in [1.82, 2.24) is 0 Å². The van der Waals surface area contributed by atoms with E-state index in [1.165, 1.54) is 69.8 Å². The lowest BCUT2D eigenvalue weighted by atomic mass is 10.1. The Morgan fingerprint density at radius 3 is 1.84 bits per heavy atom. The number of benzene rings is 2. The Kier molecular flexibility index (Phi) is 14.1. The molecule has 0 bridgehead atoms. The minimum absolute atomic E-state index is 0.774. The van der Waals surface area contributed by atoms with Crippen molar-refractivity contribution in [3.63, 3.8) is 0 Å². The molecule has 0 aliphatic rings. The van der Waals surface area contributed by atoms with Gasteiger partial charge in [-0.15, -0.1) is 0 Å². The molecule has 0 aromatic heterocycles. The summed E-state index contributed by atoms with van der Waals surface area (Å²) in [4.78, 5) is 0. The van der Waals surface area contributed by atoms with E-state index in [-0.39, 0.29) is 0 Å². The summed E-state index contributed by atoms with van der Waals surface area (Å²) in [6.07, 6.45) is 19.6. The minimum atomic E-state index is 0.774. The van der Waals surface area contributed by atoms with E-state index in [1.54, 1.807) is 0 Å². The molecule has 0 spiro atoms. The molecule has 2 heteroatoms. The highest BCUT2D eigenvalue weighted by molar-refractivity contribution is 5.73. The highest BCUT2D eigenvalue weighted by Crippen LogP contribution is 2.27. The average Bonchev–Trinajstić information content (AvgIpc) is 2.83. The molecule has 0 unspecified atom stereocenters. The van der Waals surface area contributed by atoms with E-state index in [0.29, 0.717) is 0 Å². The summed E-state index contributed by atoms with van der Waals surface area (Å²) < 4.78 is 12.2. The van der Waals surface area contributed by atoms with Gasteiger partial charge in [0.1, 0.15) is 11.5 Å². The Labute approximate surface area is 197 Å². The van der Waals surface area contributed by atoms with Gasteiger partial charge in [-0.1, -0.05) is 121 Å². The minimum Gasteiger partial charge on any atom is -0.494 e. The molecule has 0 atom stereocenters. The standard InChI is InChI=1S/C30H44O2/c1-3-5-7-9-11-16-24-31-29-22-23-30(32-25-17-12-10-8-6-4-2)28(26-29)21-20-27-18-14-13-15-19-27/h13-15,18-23,26H,3-12,16-17,24-25H2,1-2H3/b21-20+. The van der Waals surface area contributed by atoms with Crippen molar-refractivity contribution >= 4 is 12.2 Å². The van der Waals surface area contributed by atoms with Crippen LogP contribution in [0.15, 0.2) is 48.5 Å². The van der Waals surface area contributed by atoms with Crippen molar-refractivity contribution in [3.05, 3.63) is 59.7 Å². The summed E-state index contributed by atoms with van der Waals surface area (Å²) in [7, 11) is 0. The highest BCUT2D eigenvalue weighted by atomic mass is 16.5. The third-order valence-corrected chi connectivity index (χ3v) is 5.76. The molecule has 0 fully saturated rings. The van der Waals surface area contributed by atoms with Crippen LogP contribution in [-0.4, -0.2) is 13.2 Å². The number of rotatable bonds is 18. The lowest BCUT2D eigenvalue weighted by molar-refractivity contribution is 0.296. The summed E-state index contributed by atoms with van der Waals surface area (Å²) in [5.74, 6) is 1.87. The molecule has 0 heterocycles. The molecule has 0 radical (unpaired) electrons. The Bertz CT molecular complexity index is 736. The second-order valence-electron chi connectivity index (χ2n) is 8.68. The second kappa shape index (κ2) is 17.3. The number of hydrogen-bond donors (Lipinski definition) is 0. The van der Waals surface area contributed by atoms with Gasteiger partial charge in [-0.3, -0.25) is 0 Å². The fraction of sp³-hybridized carbons (Fsp3) is 0.533. The zero-order chi connectivity index (χ0) is 22.7. The lowest BCUT2D eigenvalue weighted by Crippen LogP contribution is -2.01. The number of ether oxygens (including phenoxy) is 2. The van der Waals surface area contributed by atoms with Gasteiger partial charge >= 0.3 is 0 Å². The van der Waals surface area contributed by atoms with Crippen molar-refractivity contribution in [1.29, 1.82) is 0 Å². The molecule has 2 aromatic rings. The third-order valence-electron chi connectivity index (χ3n) is 5.76. The van der Waals surface area contributed by atoms with Gasteiger partial charge in [0.15, 0.2) is 0 Å². The molecule has 0 saturated carbocycles. The highest BCUT2D eigenvalue weighted by Gasteiger charge is 2.05. The van der Waals surface area contributed by atoms with E-state index in [0.717, 1.165) is 43.1 Å². The van der Waals surface area contributed by atoms with Crippen LogP contribution in [0.4, 0.5) is 0 Å². The van der Waals surface area contributed by atoms with Crippen LogP contribution in [0.3, 0.4) is 0 Å². The number of unbranched alkanes of at least 4 members (excludes halogenated alkanes) is 10. The van der Waals surface area contributed by atoms with Gasteiger partial charge in [0.05, 0.1) is 13.2 Å². The molecule has 32 heavy (non-hydrogen) atoms. The monoisotopic (exact) mass is 436 g/mol. The first kappa shape index (κ1) is 26.0. The van der Waals surface area contributed by atoms with Crippen LogP contribution < -0.4 is 9.47 Å². The molecule has 0 aliphatic carbocycles. The molecule has 2 aromatic carbocycles.